The van der Waals surface area contributed by atoms with Gasteiger partial charge in [0.1, 0.15) is 11.6 Å². The summed E-state index contributed by atoms with van der Waals surface area (Å²) in [6.45, 7) is 12.3. The van der Waals surface area contributed by atoms with Gasteiger partial charge in [-0.15, -0.1) is 0 Å². The van der Waals surface area contributed by atoms with E-state index in [9.17, 15) is 9.90 Å². The Labute approximate surface area is 227 Å². The summed E-state index contributed by atoms with van der Waals surface area (Å²) in [5.41, 5.74) is 2.43. The number of carbonyl (C=O) groups is 1. The number of aliphatic carboxylic acids is 1. The number of nitrogens with zero attached hydrogens (tertiary/aromatic N) is 5. The van der Waals surface area contributed by atoms with Crippen molar-refractivity contribution in [3.8, 4) is 0 Å². The van der Waals surface area contributed by atoms with Gasteiger partial charge in [-0.1, -0.05) is 38.1 Å². The molecular formula is C29H45N7O2. The van der Waals surface area contributed by atoms with Crippen LogP contribution < -0.4 is 0 Å². The summed E-state index contributed by atoms with van der Waals surface area (Å²) in [6.07, 6.45) is 12.0. The van der Waals surface area contributed by atoms with Crippen LogP contribution in [0.1, 0.15) is 68.7 Å². The van der Waals surface area contributed by atoms with Crippen molar-refractivity contribution in [3.63, 3.8) is 0 Å². The highest BCUT2D eigenvalue weighted by atomic mass is 16.4. The number of imidazole rings is 2. The summed E-state index contributed by atoms with van der Waals surface area (Å²) >= 11 is 0. The lowest BCUT2D eigenvalue weighted by Crippen LogP contribution is -2.29. The number of benzene rings is 1. The maximum absolute atomic E-state index is 11.2. The number of carboxylic acid groups (broad SMARTS) is 1. The van der Waals surface area contributed by atoms with Crippen molar-refractivity contribution in [1.82, 2.24) is 34.6 Å². The lowest BCUT2D eigenvalue weighted by atomic mass is 10.1. The molecule has 0 radical (unpaired) electrons. The van der Waals surface area contributed by atoms with Crippen molar-refractivity contribution in [2.75, 3.05) is 32.7 Å². The van der Waals surface area contributed by atoms with Crippen molar-refractivity contribution in [2.24, 2.45) is 0 Å². The fourth-order valence-corrected chi connectivity index (χ4v) is 4.79. The van der Waals surface area contributed by atoms with Gasteiger partial charge in [-0.05, 0) is 63.0 Å². The van der Waals surface area contributed by atoms with E-state index in [2.05, 4.69) is 72.7 Å². The zero-order valence-electron chi connectivity index (χ0n) is 23.1. The van der Waals surface area contributed by atoms with Crippen LogP contribution >= 0.6 is 0 Å². The highest BCUT2D eigenvalue weighted by Crippen LogP contribution is 2.14. The van der Waals surface area contributed by atoms with Gasteiger partial charge >= 0.3 is 5.97 Å². The molecule has 2 heterocycles. The molecule has 9 heteroatoms. The van der Waals surface area contributed by atoms with Crippen LogP contribution in [0.2, 0.25) is 0 Å². The summed E-state index contributed by atoms with van der Waals surface area (Å²) in [5.74, 6) is 1.11. The van der Waals surface area contributed by atoms with E-state index in [1.807, 2.05) is 12.4 Å². The number of rotatable bonds is 20. The number of hydrogen-bond acceptors (Lipinski definition) is 6. The molecule has 38 heavy (non-hydrogen) atoms. The number of aromatic amines is 2. The average molecular weight is 524 g/mol. The summed E-state index contributed by atoms with van der Waals surface area (Å²) < 4.78 is 0. The number of H-pyrrole nitrogens is 2. The molecule has 3 rings (SSSR count). The average Bonchev–Trinajstić information content (AvgIpc) is 3.61. The molecule has 0 aliphatic carbocycles. The smallest absolute Gasteiger partial charge is 0.304 e. The molecular weight excluding hydrogens is 478 g/mol. The molecule has 0 amide bonds. The Kier molecular flexibility index (Phi) is 13.0. The normalized spacial score (nSPS) is 11.7. The van der Waals surface area contributed by atoms with Crippen molar-refractivity contribution in [2.45, 2.75) is 72.1 Å². The van der Waals surface area contributed by atoms with E-state index in [0.717, 1.165) is 63.8 Å². The molecule has 0 aliphatic heterocycles. The van der Waals surface area contributed by atoms with Crippen molar-refractivity contribution in [1.29, 1.82) is 0 Å². The SMILES string of the molecule is CCCN(CCC)CCCCN(CCC(=O)O)Cc1ccc(CN(Cc2ncc[nH]2)Cc2ncc[nH]2)cc1. The van der Waals surface area contributed by atoms with Gasteiger partial charge in [0.05, 0.1) is 19.5 Å². The number of carboxylic acids is 1. The molecule has 2 aromatic heterocycles. The second-order valence-electron chi connectivity index (χ2n) is 10.0. The summed E-state index contributed by atoms with van der Waals surface area (Å²) in [5, 5.41) is 9.24. The minimum absolute atomic E-state index is 0.171. The van der Waals surface area contributed by atoms with Gasteiger partial charge < -0.3 is 20.0 Å². The number of aromatic nitrogens is 4. The van der Waals surface area contributed by atoms with Crippen LogP contribution in [-0.2, 0) is 31.0 Å². The highest BCUT2D eigenvalue weighted by molar-refractivity contribution is 5.66. The second kappa shape index (κ2) is 16.8. The summed E-state index contributed by atoms with van der Waals surface area (Å²) in [6, 6.07) is 8.70. The zero-order chi connectivity index (χ0) is 27.0. The first-order valence-corrected chi connectivity index (χ1v) is 14.0. The Morgan fingerprint density at radius 1 is 0.711 bits per heavy atom. The minimum atomic E-state index is -0.740. The van der Waals surface area contributed by atoms with Gasteiger partial charge in [-0.3, -0.25) is 14.6 Å². The molecule has 0 saturated heterocycles. The van der Waals surface area contributed by atoms with E-state index in [1.165, 1.54) is 24.0 Å². The van der Waals surface area contributed by atoms with Crippen LogP contribution in [0.3, 0.4) is 0 Å². The lowest BCUT2D eigenvalue weighted by molar-refractivity contribution is -0.137. The van der Waals surface area contributed by atoms with E-state index in [4.69, 9.17) is 0 Å². The molecule has 0 bridgehead atoms. The van der Waals surface area contributed by atoms with Gasteiger partial charge in [-0.2, -0.15) is 0 Å². The highest BCUT2D eigenvalue weighted by Gasteiger charge is 2.13. The molecule has 208 valence electrons. The maximum atomic E-state index is 11.2. The van der Waals surface area contributed by atoms with E-state index in [-0.39, 0.29) is 6.42 Å². The van der Waals surface area contributed by atoms with Crippen LogP contribution in [0.4, 0.5) is 0 Å². The third-order valence-corrected chi connectivity index (χ3v) is 6.61. The minimum Gasteiger partial charge on any atom is -0.481 e. The van der Waals surface area contributed by atoms with Crippen molar-refractivity contribution >= 4 is 5.97 Å². The van der Waals surface area contributed by atoms with Crippen LogP contribution in [0.25, 0.3) is 0 Å². The summed E-state index contributed by atoms with van der Waals surface area (Å²) in [7, 11) is 0. The molecule has 0 atom stereocenters. The van der Waals surface area contributed by atoms with Gasteiger partial charge in [0.15, 0.2) is 0 Å². The van der Waals surface area contributed by atoms with E-state index >= 15 is 0 Å². The molecule has 0 spiro atoms. The molecule has 0 saturated carbocycles. The van der Waals surface area contributed by atoms with Gasteiger partial charge in [0.25, 0.3) is 0 Å². The standard InChI is InChI=1S/C29H45N7O2/c1-3-16-34(17-4-2)18-5-6-19-35(20-11-29(37)38)21-25-7-9-26(10-8-25)22-36(23-27-30-12-13-31-27)24-28-32-14-15-33-28/h7-10,12-15H,3-6,11,16-24H2,1-2H3,(H,30,31)(H,32,33)(H,37,38). The van der Waals surface area contributed by atoms with Crippen molar-refractivity contribution in [3.05, 3.63) is 71.8 Å². The van der Waals surface area contributed by atoms with E-state index < -0.39 is 5.97 Å². The van der Waals surface area contributed by atoms with Crippen LogP contribution in [0, 0.1) is 0 Å². The molecule has 3 aromatic rings. The predicted octanol–water partition coefficient (Wildman–Crippen LogP) is 4.51. The number of nitrogens with one attached hydrogen (secondary N) is 2. The Morgan fingerprint density at radius 2 is 1.21 bits per heavy atom. The first-order valence-electron chi connectivity index (χ1n) is 14.0. The van der Waals surface area contributed by atoms with Crippen LogP contribution in [0.15, 0.2) is 49.1 Å². The van der Waals surface area contributed by atoms with Crippen LogP contribution in [-0.4, -0.2) is 78.4 Å². The molecule has 0 fully saturated rings. The van der Waals surface area contributed by atoms with Crippen LogP contribution in [0.5, 0.6) is 0 Å². The largest absolute Gasteiger partial charge is 0.481 e. The third kappa shape index (κ3) is 11.2. The summed E-state index contributed by atoms with van der Waals surface area (Å²) in [4.78, 5) is 33.5. The third-order valence-electron chi connectivity index (χ3n) is 6.61. The molecule has 3 N–H and O–H groups in total. The van der Waals surface area contributed by atoms with E-state index in [1.54, 1.807) is 12.4 Å². The van der Waals surface area contributed by atoms with Gasteiger partial charge in [-0.25, -0.2) is 9.97 Å². The first kappa shape index (κ1) is 29.5. The van der Waals surface area contributed by atoms with Crippen molar-refractivity contribution < 1.29 is 9.90 Å². The Bertz CT molecular complexity index is 964. The van der Waals surface area contributed by atoms with Gasteiger partial charge in [0.2, 0.25) is 0 Å². The maximum Gasteiger partial charge on any atom is 0.304 e. The first-order chi connectivity index (χ1) is 18.6. The zero-order valence-corrected chi connectivity index (χ0v) is 23.1. The van der Waals surface area contributed by atoms with E-state index in [0.29, 0.717) is 19.6 Å². The molecule has 9 nitrogen and oxygen atoms in total. The quantitative estimate of drug-likeness (QED) is 0.187. The predicted molar refractivity (Wildman–Crippen MR) is 150 cm³/mol. The fourth-order valence-electron chi connectivity index (χ4n) is 4.79. The van der Waals surface area contributed by atoms with Gasteiger partial charge in [0, 0.05) is 44.4 Å². The lowest BCUT2D eigenvalue weighted by Gasteiger charge is -2.24. The molecule has 0 aliphatic rings. The Morgan fingerprint density at radius 3 is 1.66 bits per heavy atom. The molecule has 1 aromatic carbocycles. The Hall–Kier alpha value is -3.01. The fraction of sp³-hybridized carbons (Fsp3) is 0.552. The molecule has 0 unspecified atom stereocenters. The number of hydrogen-bond donors (Lipinski definition) is 3. The number of unbranched alkanes of at least 4 members (excludes halogenated alkanes) is 1. The Balaban J connectivity index is 1.54. The topological polar surface area (TPSA) is 104 Å². The second-order valence-corrected chi connectivity index (χ2v) is 10.0. The monoisotopic (exact) mass is 523 g/mol.